The van der Waals surface area contributed by atoms with Gasteiger partial charge in [0.1, 0.15) is 0 Å². The van der Waals surface area contributed by atoms with Gasteiger partial charge in [-0.2, -0.15) is 0 Å². The average molecular weight is 387 g/mol. The molecule has 29 heavy (non-hydrogen) atoms. The van der Waals surface area contributed by atoms with Crippen LogP contribution < -0.4 is 10.6 Å². The van der Waals surface area contributed by atoms with E-state index in [0.717, 1.165) is 11.1 Å². The van der Waals surface area contributed by atoms with Crippen molar-refractivity contribution in [3.8, 4) is 0 Å². The van der Waals surface area contributed by atoms with Gasteiger partial charge in [-0.05, 0) is 23.3 Å². The van der Waals surface area contributed by atoms with Gasteiger partial charge in [0, 0.05) is 31.7 Å². The van der Waals surface area contributed by atoms with E-state index in [1.54, 1.807) is 0 Å². The number of benzene rings is 3. The van der Waals surface area contributed by atoms with Gasteiger partial charge in [-0.3, -0.25) is 4.79 Å². The largest absolute Gasteiger partial charge is 0.337 e. The molecule has 0 atom stereocenters. The van der Waals surface area contributed by atoms with E-state index in [1.807, 2.05) is 95.9 Å². The Kier molecular flexibility index (Phi) is 7.41. The van der Waals surface area contributed by atoms with Crippen molar-refractivity contribution in [2.45, 2.75) is 19.5 Å². The molecule has 0 aliphatic carbocycles. The fraction of sp³-hybridized carbons (Fsp3) is 0.167. The zero-order valence-corrected chi connectivity index (χ0v) is 16.3. The molecule has 0 bridgehead atoms. The van der Waals surface area contributed by atoms with Crippen LogP contribution in [0.15, 0.2) is 91.0 Å². The van der Waals surface area contributed by atoms with Crippen molar-refractivity contribution in [3.63, 3.8) is 0 Å². The monoisotopic (exact) mass is 387 g/mol. The second kappa shape index (κ2) is 10.7. The summed E-state index contributed by atoms with van der Waals surface area (Å²) in [4.78, 5) is 26.7. The third kappa shape index (κ3) is 6.81. The molecule has 0 fully saturated rings. The number of hydrogen-bond donors (Lipinski definition) is 2. The lowest BCUT2D eigenvalue weighted by molar-refractivity contribution is -0.132. The first kappa shape index (κ1) is 20.1. The van der Waals surface area contributed by atoms with Gasteiger partial charge in [0.15, 0.2) is 0 Å². The van der Waals surface area contributed by atoms with E-state index in [0.29, 0.717) is 18.8 Å². The predicted molar refractivity (Wildman–Crippen MR) is 115 cm³/mol. The highest BCUT2D eigenvalue weighted by atomic mass is 16.2. The number of nitrogens with zero attached hydrogens (tertiary/aromatic N) is 1. The topological polar surface area (TPSA) is 61.4 Å². The number of urea groups is 1. The normalized spacial score (nSPS) is 10.2. The molecule has 0 aromatic heterocycles. The Morgan fingerprint density at radius 3 is 1.69 bits per heavy atom. The van der Waals surface area contributed by atoms with Crippen LogP contribution in [-0.2, 0) is 17.9 Å². The van der Waals surface area contributed by atoms with E-state index >= 15 is 0 Å². The molecule has 0 heterocycles. The molecule has 3 aromatic rings. The Hall–Kier alpha value is -3.60. The van der Waals surface area contributed by atoms with Gasteiger partial charge in [0.05, 0.1) is 0 Å². The zero-order chi connectivity index (χ0) is 20.3. The van der Waals surface area contributed by atoms with Crippen LogP contribution in [0.4, 0.5) is 10.5 Å². The number of anilines is 1. The average Bonchev–Trinajstić information content (AvgIpc) is 2.75. The van der Waals surface area contributed by atoms with Crippen molar-refractivity contribution in [1.82, 2.24) is 10.2 Å². The summed E-state index contributed by atoms with van der Waals surface area (Å²) < 4.78 is 0. The van der Waals surface area contributed by atoms with Crippen LogP contribution in [0.1, 0.15) is 17.5 Å². The van der Waals surface area contributed by atoms with Gasteiger partial charge in [-0.15, -0.1) is 0 Å². The molecule has 0 saturated heterocycles. The van der Waals surface area contributed by atoms with Gasteiger partial charge in [0.25, 0.3) is 0 Å². The number of hydrogen-bond acceptors (Lipinski definition) is 2. The van der Waals surface area contributed by atoms with Crippen LogP contribution in [0, 0.1) is 0 Å². The molecule has 3 rings (SSSR count). The molecule has 0 aliphatic rings. The lowest BCUT2D eigenvalue weighted by Gasteiger charge is -2.23. The van der Waals surface area contributed by atoms with Gasteiger partial charge in [0.2, 0.25) is 5.91 Å². The van der Waals surface area contributed by atoms with Crippen LogP contribution in [0.2, 0.25) is 0 Å². The number of rotatable bonds is 8. The van der Waals surface area contributed by atoms with Crippen molar-refractivity contribution in [1.29, 1.82) is 0 Å². The van der Waals surface area contributed by atoms with E-state index in [1.165, 1.54) is 0 Å². The summed E-state index contributed by atoms with van der Waals surface area (Å²) in [6.07, 6.45) is 0.238. The Morgan fingerprint density at radius 2 is 1.17 bits per heavy atom. The summed E-state index contributed by atoms with van der Waals surface area (Å²) in [6.45, 7) is 1.34. The molecule has 0 aliphatic heterocycles. The fourth-order valence-corrected chi connectivity index (χ4v) is 2.98. The van der Waals surface area contributed by atoms with Gasteiger partial charge >= 0.3 is 6.03 Å². The van der Waals surface area contributed by atoms with Crippen molar-refractivity contribution in [2.24, 2.45) is 0 Å². The highest BCUT2D eigenvalue weighted by Gasteiger charge is 2.15. The predicted octanol–water partition coefficient (Wildman–Crippen LogP) is 4.43. The van der Waals surface area contributed by atoms with Gasteiger partial charge in [-0.25, -0.2) is 4.79 Å². The van der Waals surface area contributed by atoms with Crippen LogP contribution in [0.25, 0.3) is 0 Å². The lowest BCUT2D eigenvalue weighted by Crippen LogP contribution is -2.35. The molecule has 3 amide bonds. The molecule has 0 unspecified atom stereocenters. The van der Waals surface area contributed by atoms with E-state index in [2.05, 4.69) is 10.6 Å². The smallest absolute Gasteiger partial charge is 0.319 e. The first-order valence-corrected chi connectivity index (χ1v) is 9.66. The summed E-state index contributed by atoms with van der Waals surface area (Å²) in [7, 11) is 0. The zero-order valence-electron chi connectivity index (χ0n) is 16.3. The highest BCUT2D eigenvalue weighted by Crippen LogP contribution is 2.11. The van der Waals surface area contributed by atoms with Crippen molar-refractivity contribution in [3.05, 3.63) is 102 Å². The Balaban J connectivity index is 1.55. The summed E-state index contributed by atoms with van der Waals surface area (Å²) >= 11 is 0. The van der Waals surface area contributed by atoms with Crippen molar-refractivity contribution < 1.29 is 9.59 Å². The van der Waals surface area contributed by atoms with E-state index in [4.69, 9.17) is 0 Å². The summed E-state index contributed by atoms with van der Waals surface area (Å²) in [5, 5.41) is 5.50. The maximum Gasteiger partial charge on any atom is 0.319 e. The minimum atomic E-state index is -0.318. The molecule has 3 aromatic carbocycles. The molecule has 0 spiro atoms. The van der Waals surface area contributed by atoms with Crippen LogP contribution in [-0.4, -0.2) is 23.4 Å². The number of nitrogens with one attached hydrogen (secondary N) is 2. The maximum absolute atomic E-state index is 12.8. The fourth-order valence-electron chi connectivity index (χ4n) is 2.98. The molecule has 0 saturated carbocycles. The van der Waals surface area contributed by atoms with Gasteiger partial charge in [-0.1, -0.05) is 78.9 Å². The van der Waals surface area contributed by atoms with Crippen LogP contribution >= 0.6 is 0 Å². The third-order valence-electron chi connectivity index (χ3n) is 4.44. The standard InChI is InChI=1S/C24H25N3O2/c28-23(16-17-25-24(29)26-22-14-8-3-9-15-22)27(18-20-10-4-1-5-11-20)19-21-12-6-2-7-13-21/h1-15H,16-19H2,(H2,25,26,29). The van der Waals surface area contributed by atoms with E-state index < -0.39 is 0 Å². The summed E-state index contributed by atoms with van der Waals surface area (Å²) in [5.74, 6) is -0.00211. The molecule has 148 valence electrons. The van der Waals surface area contributed by atoms with E-state index in [-0.39, 0.29) is 24.9 Å². The molecule has 2 N–H and O–H groups in total. The first-order chi connectivity index (χ1) is 14.2. The maximum atomic E-state index is 12.8. The Bertz CT molecular complexity index is 858. The number of amides is 3. The molecule has 5 nitrogen and oxygen atoms in total. The molecular weight excluding hydrogens is 362 g/mol. The van der Waals surface area contributed by atoms with E-state index in [9.17, 15) is 9.59 Å². The second-order valence-electron chi connectivity index (χ2n) is 6.72. The SMILES string of the molecule is O=C(NCCC(=O)N(Cc1ccccc1)Cc1ccccc1)Nc1ccccc1. The minimum absolute atomic E-state index is 0.00211. The number of para-hydroxylation sites is 1. The number of carbonyl (C=O) groups is 2. The molecular formula is C24H25N3O2. The molecule has 0 radical (unpaired) electrons. The Labute approximate surface area is 171 Å². The quantitative estimate of drug-likeness (QED) is 0.601. The molecule has 5 heteroatoms. The third-order valence-corrected chi connectivity index (χ3v) is 4.44. The highest BCUT2D eigenvalue weighted by molar-refractivity contribution is 5.89. The summed E-state index contributed by atoms with van der Waals surface area (Å²) in [6, 6.07) is 28.7. The first-order valence-electron chi connectivity index (χ1n) is 9.66. The van der Waals surface area contributed by atoms with Crippen molar-refractivity contribution in [2.75, 3.05) is 11.9 Å². The summed E-state index contributed by atoms with van der Waals surface area (Å²) in [5.41, 5.74) is 2.87. The van der Waals surface area contributed by atoms with Crippen LogP contribution in [0.5, 0.6) is 0 Å². The Morgan fingerprint density at radius 1 is 0.690 bits per heavy atom. The number of carbonyl (C=O) groups excluding carboxylic acids is 2. The van der Waals surface area contributed by atoms with Crippen molar-refractivity contribution >= 4 is 17.6 Å². The second-order valence-corrected chi connectivity index (χ2v) is 6.72. The lowest BCUT2D eigenvalue weighted by atomic mass is 10.1. The van der Waals surface area contributed by atoms with Crippen LogP contribution in [0.3, 0.4) is 0 Å². The van der Waals surface area contributed by atoms with Gasteiger partial charge < -0.3 is 15.5 Å². The minimum Gasteiger partial charge on any atom is -0.337 e.